The zero-order valence-electron chi connectivity index (χ0n) is 14.7. The van der Waals surface area contributed by atoms with Gasteiger partial charge < -0.3 is 19.7 Å². The maximum atomic E-state index is 12.5. The van der Waals surface area contributed by atoms with Gasteiger partial charge in [-0.3, -0.25) is 4.79 Å². The minimum atomic E-state index is -0.0135. The molecule has 5 heteroatoms. The second-order valence-corrected chi connectivity index (χ2v) is 6.55. The topological polar surface area (TPSA) is 52.0 Å². The molecule has 1 amide bonds. The lowest BCUT2D eigenvalue weighted by molar-refractivity contribution is -0.907. The van der Waals surface area contributed by atoms with E-state index in [0.717, 1.165) is 18.8 Å². The van der Waals surface area contributed by atoms with Gasteiger partial charge >= 0.3 is 0 Å². The van der Waals surface area contributed by atoms with Crippen molar-refractivity contribution in [3.63, 3.8) is 0 Å². The van der Waals surface area contributed by atoms with Crippen molar-refractivity contribution in [3.05, 3.63) is 54.6 Å². The van der Waals surface area contributed by atoms with Gasteiger partial charge in [-0.25, -0.2) is 0 Å². The van der Waals surface area contributed by atoms with E-state index in [2.05, 4.69) is 19.2 Å². The number of benzene rings is 2. The number of para-hydroxylation sites is 3. The molecule has 3 rings (SSSR count). The fourth-order valence-electron chi connectivity index (χ4n) is 3.23. The van der Waals surface area contributed by atoms with E-state index in [9.17, 15) is 4.79 Å². The minimum Gasteiger partial charge on any atom is -0.455 e. The monoisotopic (exact) mass is 341 g/mol. The maximum Gasteiger partial charge on any atom is 0.279 e. The van der Waals surface area contributed by atoms with Crippen LogP contribution in [0, 0.1) is 0 Å². The molecule has 2 aromatic carbocycles. The molecule has 1 aliphatic rings. The first-order chi connectivity index (χ1) is 12.1. The number of carbonyl (C=O) groups is 1. The Labute approximate surface area is 148 Å². The normalized spacial score (nSPS) is 23.0. The molecule has 132 valence electrons. The fourth-order valence-corrected chi connectivity index (χ4v) is 3.23. The highest BCUT2D eigenvalue weighted by Crippen LogP contribution is 2.28. The van der Waals surface area contributed by atoms with Crippen LogP contribution in [0.1, 0.15) is 13.8 Å². The number of hydrogen-bond donors (Lipinski definition) is 2. The summed E-state index contributed by atoms with van der Waals surface area (Å²) < 4.78 is 11.6. The minimum absolute atomic E-state index is 0.0135. The maximum absolute atomic E-state index is 12.5. The molecule has 0 saturated carbocycles. The van der Waals surface area contributed by atoms with Crippen LogP contribution in [-0.2, 0) is 9.53 Å². The molecule has 0 unspecified atom stereocenters. The van der Waals surface area contributed by atoms with Crippen LogP contribution in [0.2, 0.25) is 0 Å². The molecule has 25 heavy (non-hydrogen) atoms. The number of quaternary nitrogens is 1. The van der Waals surface area contributed by atoms with E-state index in [0.29, 0.717) is 18.0 Å². The Morgan fingerprint density at radius 3 is 2.44 bits per heavy atom. The van der Waals surface area contributed by atoms with Crippen LogP contribution in [-0.4, -0.2) is 37.7 Å². The van der Waals surface area contributed by atoms with E-state index < -0.39 is 0 Å². The van der Waals surface area contributed by atoms with Crippen LogP contribution < -0.4 is 15.0 Å². The van der Waals surface area contributed by atoms with Crippen molar-refractivity contribution in [3.8, 4) is 11.5 Å². The number of morpholine rings is 1. The smallest absolute Gasteiger partial charge is 0.279 e. The molecule has 0 bridgehead atoms. The summed E-state index contributed by atoms with van der Waals surface area (Å²) in [5.74, 6) is 1.37. The van der Waals surface area contributed by atoms with Crippen LogP contribution in [0.15, 0.2) is 54.6 Å². The summed E-state index contributed by atoms with van der Waals surface area (Å²) in [5, 5.41) is 2.98. The van der Waals surface area contributed by atoms with Crippen molar-refractivity contribution in [2.24, 2.45) is 0 Å². The molecule has 2 N–H and O–H groups in total. The molecule has 1 fully saturated rings. The highest BCUT2D eigenvalue weighted by atomic mass is 16.5. The number of amides is 1. The number of carbonyl (C=O) groups excluding carboxylic acids is 1. The molecule has 0 aliphatic carbocycles. The van der Waals surface area contributed by atoms with Gasteiger partial charge in [0, 0.05) is 0 Å². The number of nitrogens with one attached hydrogen (secondary N) is 2. The van der Waals surface area contributed by atoms with Gasteiger partial charge in [-0.2, -0.15) is 0 Å². The first-order valence-electron chi connectivity index (χ1n) is 8.71. The Morgan fingerprint density at radius 1 is 1.08 bits per heavy atom. The zero-order chi connectivity index (χ0) is 17.6. The van der Waals surface area contributed by atoms with E-state index in [1.54, 1.807) is 0 Å². The Bertz CT molecular complexity index is 695. The summed E-state index contributed by atoms with van der Waals surface area (Å²) in [6.45, 7) is 6.23. The number of hydrogen-bond acceptors (Lipinski definition) is 3. The Hall–Kier alpha value is -2.37. The average Bonchev–Trinajstić information content (AvgIpc) is 2.56. The highest BCUT2D eigenvalue weighted by Gasteiger charge is 2.27. The van der Waals surface area contributed by atoms with Crippen LogP contribution >= 0.6 is 0 Å². The molecule has 1 aliphatic heterocycles. The molecule has 0 radical (unpaired) electrons. The van der Waals surface area contributed by atoms with Gasteiger partial charge in [0.25, 0.3) is 5.91 Å². The summed E-state index contributed by atoms with van der Waals surface area (Å²) in [6, 6.07) is 17.0. The lowest BCUT2D eigenvalue weighted by atomic mass is 10.2. The van der Waals surface area contributed by atoms with Gasteiger partial charge in [-0.15, -0.1) is 0 Å². The van der Waals surface area contributed by atoms with Gasteiger partial charge in [-0.1, -0.05) is 30.3 Å². The lowest BCUT2D eigenvalue weighted by Crippen LogP contribution is -3.16. The Balaban J connectivity index is 1.63. The SMILES string of the molecule is C[C@H]1C[NH+](CC(=O)Nc2ccccc2Oc2ccccc2)C[C@H](C)O1. The number of ether oxygens (including phenoxy) is 2. The molecule has 5 nitrogen and oxygen atoms in total. The summed E-state index contributed by atoms with van der Waals surface area (Å²) >= 11 is 0. The van der Waals surface area contributed by atoms with Gasteiger partial charge in [0.2, 0.25) is 0 Å². The first kappa shape index (κ1) is 17.5. The Morgan fingerprint density at radius 2 is 1.72 bits per heavy atom. The van der Waals surface area contributed by atoms with Crippen LogP contribution in [0.3, 0.4) is 0 Å². The van der Waals surface area contributed by atoms with E-state index in [4.69, 9.17) is 9.47 Å². The third kappa shape index (κ3) is 5.05. The summed E-state index contributed by atoms with van der Waals surface area (Å²) in [5.41, 5.74) is 0.685. The van der Waals surface area contributed by atoms with Crippen molar-refractivity contribution in [2.45, 2.75) is 26.1 Å². The molecular weight excluding hydrogens is 316 g/mol. The van der Waals surface area contributed by atoms with Crippen molar-refractivity contribution in [1.29, 1.82) is 0 Å². The number of anilines is 1. The average molecular weight is 341 g/mol. The van der Waals surface area contributed by atoms with Crippen LogP contribution in [0.4, 0.5) is 5.69 Å². The number of rotatable bonds is 5. The summed E-state index contributed by atoms with van der Waals surface area (Å²) in [7, 11) is 0. The first-order valence-corrected chi connectivity index (χ1v) is 8.71. The van der Waals surface area contributed by atoms with Crippen molar-refractivity contribution in [1.82, 2.24) is 0 Å². The Kier molecular flexibility index (Phi) is 5.68. The largest absolute Gasteiger partial charge is 0.455 e. The van der Waals surface area contributed by atoms with Crippen LogP contribution in [0.25, 0.3) is 0 Å². The molecule has 1 heterocycles. The van der Waals surface area contributed by atoms with Gasteiger partial charge in [0.15, 0.2) is 12.3 Å². The molecule has 2 atom stereocenters. The zero-order valence-corrected chi connectivity index (χ0v) is 14.7. The molecule has 0 aromatic heterocycles. The lowest BCUT2D eigenvalue weighted by Gasteiger charge is -2.31. The van der Waals surface area contributed by atoms with Crippen molar-refractivity contribution < 1.29 is 19.2 Å². The van der Waals surface area contributed by atoms with Gasteiger partial charge in [0.1, 0.15) is 31.0 Å². The van der Waals surface area contributed by atoms with Crippen molar-refractivity contribution >= 4 is 11.6 Å². The second kappa shape index (κ2) is 8.14. The standard InChI is InChI=1S/C20H24N2O3/c1-15-12-22(13-16(2)24-15)14-20(23)21-18-10-6-7-11-19(18)25-17-8-4-3-5-9-17/h3-11,15-16H,12-14H2,1-2H3,(H,21,23)/p+1/t15-,16-/m0/s1. The molecular formula is C20H25N2O3+. The van der Waals surface area contributed by atoms with Crippen LogP contribution in [0.5, 0.6) is 11.5 Å². The molecule has 1 saturated heterocycles. The van der Waals surface area contributed by atoms with Gasteiger partial charge in [-0.05, 0) is 38.1 Å². The highest BCUT2D eigenvalue weighted by molar-refractivity contribution is 5.93. The predicted molar refractivity (Wildman–Crippen MR) is 97.2 cm³/mol. The summed E-state index contributed by atoms with van der Waals surface area (Å²) in [6.07, 6.45) is 0.362. The van der Waals surface area contributed by atoms with E-state index in [-0.39, 0.29) is 18.1 Å². The second-order valence-electron chi connectivity index (χ2n) is 6.55. The quantitative estimate of drug-likeness (QED) is 0.876. The molecule has 2 aromatic rings. The fraction of sp³-hybridized carbons (Fsp3) is 0.350. The molecule has 0 spiro atoms. The third-order valence-corrected chi connectivity index (χ3v) is 4.16. The third-order valence-electron chi connectivity index (χ3n) is 4.16. The van der Waals surface area contributed by atoms with E-state index in [1.165, 1.54) is 4.90 Å². The van der Waals surface area contributed by atoms with E-state index in [1.807, 2.05) is 54.6 Å². The van der Waals surface area contributed by atoms with Crippen molar-refractivity contribution in [2.75, 3.05) is 25.0 Å². The predicted octanol–water partition coefficient (Wildman–Crippen LogP) is 2.11. The van der Waals surface area contributed by atoms with Gasteiger partial charge in [0.05, 0.1) is 5.69 Å². The van der Waals surface area contributed by atoms with E-state index >= 15 is 0 Å². The summed E-state index contributed by atoms with van der Waals surface area (Å²) in [4.78, 5) is 13.7.